The second-order valence-electron chi connectivity index (χ2n) is 9.88. The fraction of sp³-hybridized carbons (Fsp3) is 0.444. The number of aliphatic carboxylic acids is 1. The van der Waals surface area contributed by atoms with E-state index in [9.17, 15) is 22.4 Å². The van der Waals surface area contributed by atoms with E-state index >= 15 is 0 Å². The van der Waals surface area contributed by atoms with Crippen LogP contribution in [0.15, 0.2) is 47.0 Å². The van der Waals surface area contributed by atoms with Gasteiger partial charge in [-0.25, -0.2) is 4.39 Å². The highest BCUT2D eigenvalue weighted by Crippen LogP contribution is 2.40. The SMILES string of the molecule is O=C(O)C[C@@H]1CCCN1Cc1ccc(-c2nc(-c3ccc(N4CCC(F)CC4)c(C(F)(F)F)c3)no2)cc1. The van der Waals surface area contributed by atoms with Crippen LogP contribution in [0.1, 0.15) is 43.2 Å². The first-order chi connectivity index (χ1) is 18.2. The number of halogens is 4. The normalized spacial score (nSPS) is 19.3. The van der Waals surface area contributed by atoms with Crippen LogP contribution in [-0.2, 0) is 17.5 Å². The molecule has 0 bridgehead atoms. The van der Waals surface area contributed by atoms with Crippen LogP contribution in [0, 0.1) is 0 Å². The molecule has 1 N–H and O–H groups in total. The molecule has 0 radical (unpaired) electrons. The molecule has 11 heteroatoms. The average molecular weight is 533 g/mol. The van der Waals surface area contributed by atoms with Crippen molar-refractivity contribution in [3.05, 3.63) is 53.6 Å². The largest absolute Gasteiger partial charge is 0.481 e. The minimum absolute atomic E-state index is 0.0224. The molecule has 2 aliphatic rings. The molecule has 0 unspecified atom stereocenters. The van der Waals surface area contributed by atoms with Gasteiger partial charge in [0.2, 0.25) is 5.82 Å². The quantitative estimate of drug-likeness (QED) is 0.385. The van der Waals surface area contributed by atoms with Crippen molar-refractivity contribution in [1.82, 2.24) is 15.0 Å². The second kappa shape index (κ2) is 10.7. The highest BCUT2D eigenvalue weighted by atomic mass is 19.4. The molecule has 0 amide bonds. The standard InChI is InChI=1S/C27H28F4N4O3/c28-20-9-12-34(13-10-20)23-8-7-19(14-22(23)27(29,30)31)25-32-26(38-33-25)18-5-3-17(4-6-18)16-35-11-1-2-21(35)15-24(36)37/h3-8,14,20-21H,1-2,9-13,15-16H2,(H,36,37)/t21-/m0/s1. The van der Waals surface area contributed by atoms with Crippen molar-refractivity contribution in [2.75, 3.05) is 24.5 Å². The summed E-state index contributed by atoms with van der Waals surface area (Å²) in [6.45, 7) is 1.93. The molecule has 38 heavy (non-hydrogen) atoms. The fourth-order valence-electron chi connectivity index (χ4n) is 5.25. The molecular weight excluding hydrogens is 504 g/mol. The number of hydrogen-bond donors (Lipinski definition) is 1. The van der Waals surface area contributed by atoms with Gasteiger partial charge < -0.3 is 14.5 Å². The van der Waals surface area contributed by atoms with E-state index in [2.05, 4.69) is 15.0 Å². The lowest BCUT2D eigenvalue weighted by atomic mass is 10.0. The van der Waals surface area contributed by atoms with Crippen molar-refractivity contribution in [3.63, 3.8) is 0 Å². The van der Waals surface area contributed by atoms with Crippen LogP contribution in [0.2, 0.25) is 0 Å². The molecule has 0 aliphatic carbocycles. The Morgan fingerprint density at radius 3 is 2.42 bits per heavy atom. The number of aromatic nitrogens is 2. The molecule has 0 spiro atoms. The van der Waals surface area contributed by atoms with Gasteiger partial charge in [-0.3, -0.25) is 9.69 Å². The molecule has 0 saturated carbocycles. The number of rotatable bonds is 7. The minimum Gasteiger partial charge on any atom is -0.481 e. The van der Waals surface area contributed by atoms with Crippen LogP contribution in [-0.4, -0.2) is 58.0 Å². The fourth-order valence-corrected chi connectivity index (χ4v) is 5.25. The third kappa shape index (κ3) is 5.82. The molecule has 202 valence electrons. The van der Waals surface area contributed by atoms with Crippen LogP contribution in [0.5, 0.6) is 0 Å². The molecular formula is C27H28F4N4O3. The van der Waals surface area contributed by atoms with Crippen LogP contribution in [0.3, 0.4) is 0 Å². The topological polar surface area (TPSA) is 82.7 Å². The number of hydrogen-bond acceptors (Lipinski definition) is 6. The van der Waals surface area contributed by atoms with Crippen molar-refractivity contribution < 1.29 is 32.0 Å². The Kier molecular flexibility index (Phi) is 7.38. The third-order valence-electron chi connectivity index (χ3n) is 7.25. The van der Waals surface area contributed by atoms with Crippen LogP contribution >= 0.6 is 0 Å². The van der Waals surface area contributed by atoms with Gasteiger partial charge in [0.1, 0.15) is 6.17 Å². The molecule has 2 saturated heterocycles. The van der Waals surface area contributed by atoms with Gasteiger partial charge in [-0.15, -0.1) is 0 Å². The van der Waals surface area contributed by atoms with E-state index in [4.69, 9.17) is 9.63 Å². The number of carboxylic acids is 1. The van der Waals surface area contributed by atoms with Gasteiger partial charge in [0.25, 0.3) is 5.89 Å². The summed E-state index contributed by atoms with van der Waals surface area (Å²) < 4.78 is 60.6. The summed E-state index contributed by atoms with van der Waals surface area (Å²) in [5.41, 5.74) is 1.01. The summed E-state index contributed by atoms with van der Waals surface area (Å²) in [5, 5.41) is 13.0. The summed E-state index contributed by atoms with van der Waals surface area (Å²) in [4.78, 5) is 19.2. The molecule has 2 aromatic carbocycles. The number of benzene rings is 2. The minimum atomic E-state index is -4.60. The van der Waals surface area contributed by atoms with Crippen LogP contribution < -0.4 is 4.90 Å². The number of likely N-dealkylation sites (tertiary alicyclic amines) is 1. The van der Waals surface area contributed by atoms with Crippen molar-refractivity contribution in [2.24, 2.45) is 0 Å². The van der Waals surface area contributed by atoms with Crippen molar-refractivity contribution in [1.29, 1.82) is 0 Å². The zero-order valence-electron chi connectivity index (χ0n) is 20.6. The maximum Gasteiger partial charge on any atom is 0.418 e. The molecule has 2 fully saturated rings. The summed E-state index contributed by atoms with van der Waals surface area (Å²) >= 11 is 0. The molecule has 1 aromatic heterocycles. The maximum atomic E-state index is 13.9. The maximum absolute atomic E-state index is 13.9. The molecule has 3 aromatic rings. The Morgan fingerprint density at radius 2 is 1.74 bits per heavy atom. The van der Waals surface area contributed by atoms with E-state index in [0.717, 1.165) is 31.0 Å². The highest BCUT2D eigenvalue weighted by molar-refractivity contribution is 5.68. The summed E-state index contributed by atoms with van der Waals surface area (Å²) in [6, 6.07) is 11.3. The summed E-state index contributed by atoms with van der Waals surface area (Å²) in [5.74, 6) is -0.584. The van der Waals surface area contributed by atoms with Gasteiger partial charge in [0, 0.05) is 42.5 Å². The van der Waals surface area contributed by atoms with Crippen molar-refractivity contribution >= 4 is 11.7 Å². The second-order valence-corrected chi connectivity index (χ2v) is 9.88. The average Bonchev–Trinajstić information content (AvgIpc) is 3.54. The molecule has 1 atom stereocenters. The number of carbonyl (C=O) groups is 1. The lowest BCUT2D eigenvalue weighted by molar-refractivity contribution is -0.138. The molecule has 5 rings (SSSR count). The first kappa shape index (κ1) is 26.1. The van der Waals surface area contributed by atoms with Gasteiger partial charge in [-0.05, 0) is 68.1 Å². The number of anilines is 1. The van der Waals surface area contributed by atoms with E-state index in [1.807, 2.05) is 12.1 Å². The smallest absolute Gasteiger partial charge is 0.418 e. The van der Waals surface area contributed by atoms with Gasteiger partial charge in [-0.1, -0.05) is 17.3 Å². The number of nitrogens with zero attached hydrogens (tertiary/aromatic N) is 4. The Hall–Kier alpha value is -3.47. The van der Waals surface area contributed by atoms with E-state index in [0.29, 0.717) is 12.1 Å². The Morgan fingerprint density at radius 1 is 1.03 bits per heavy atom. The van der Waals surface area contributed by atoms with E-state index in [1.54, 1.807) is 17.0 Å². The van der Waals surface area contributed by atoms with Gasteiger partial charge in [0.05, 0.1) is 12.0 Å². The van der Waals surface area contributed by atoms with E-state index in [1.165, 1.54) is 12.1 Å². The summed E-state index contributed by atoms with van der Waals surface area (Å²) in [7, 11) is 0. The van der Waals surface area contributed by atoms with Crippen molar-refractivity contribution in [2.45, 2.75) is 57.0 Å². The Balaban J connectivity index is 1.32. The van der Waals surface area contributed by atoms with Crippen LogP contribution in [0.25, 0.3) is 22.8 Å². The summed E-state index contributed by atoms with van der Waals surface area (Å²) in [6.07, 6.45) is -3.23. The monoisotopic (exact) mass is 532 g/mol. The molecule has 3 heterocycles. The zero-order chi connectivity index (χ0) is 26.9. The zero-order valence-corrected chi connectivity index (χ0v) is 20.6. The molecule has 2 aliphatic heterocycles. The number of carboxylic acid groups (broad SMARTS) is 1. The Bertz CT molecular complexity index is 1270. The van der Waals surface area contributed by atoms with Gasteiger partial charge >= 0.3 is 12.1 Å². The Labute approximate surface area is 217 Å². The highest BCUT2D eigenvalue weighted by Gasteiger charge is 2.36. The number of piperidine rings is 1. The predicted molar refractivity (Wildman–Crippen MR) is 132 cm³/mol. The van der Waals surface area contributed by atoms with E-state index < -0.39 is 23.9 Å². The van der Waals surface area contributed by atoms with Gasteiger partial charge in [0.15, 0.2) is 0 Å². The van der Waals surface area contributed by atoms with Crippen molar-refractivity contribution in [3.8, 4) is 22.8 Å². The third-order valence-corrected chi connectivity index (χ3v) is 7.25. The molecule has 7 nitrogen and oxygen atoms in total. The lowest BCUT2D eigenvalue weighted by Crippen LogP contribution is -2.35. The lowest BCUT2D eigenvalue weighted by Gasteiger charge is -2.32. The van der Waals surface area contributed by atoms with Gasteiger partial charge in [-0.2, -0.15) is 18.2 Å². The predicted octanol–water partition coefficient (Wildman–Crippen LogP) is 5.80. The van der Waals surface area contributed by atoms with E-state index in [-0.39, 0.29) is 61.4 Å². The number of alkyl halides is 4. The van der Waals surface area contributed by atoms with Crippen LogP contribution in [0.4, 0.5) is 23.2 Å². The first-order valence-corrected chi connectivity index (χ1v) is 12.7. The first-order valence-electron chi connectivity index (χ1n) is 12.7.